The molecule has 0 radical (unpaired) electrons. The van der Waals surface area contributed by atoms with Gasteiger partial charge >= 0.3 is 56.8 Å². The summed E-state index contributed by atoms with van der Waals surface area (Å²) in [5.41, 5.74) is 4.91. The van der Waals surface area contributed by atoms with Gasteiger partial charge in [-0.15, -0.1) is 6.58 Å². The fourth-order valence-corrected chi connectivity index (χ4v) is 2.43. The Hall–Kier alpha value is -1.58. The van der Waals surface area contributed by atoms with Crippen LogP contribution in [-0.4, -0.2) is 72.4 Å². The Bertz CT molecular complexity index is 888. The molecule has 0 amide bonds. The molecular formula is C15H16F17NO3S. The molecule has 37 heavy (non-hydrogen) atoms. The van der Waals surface area contributed by atoms with Gasteiger partial charge in [-0.2, -0.15) is 78.7 Å². The summed E-state index contributed by atoms with van der Waals surface area (Å²) in [6.45, 7) is 4.67. The van der Waals surface area contributed by atoms with Crippen molar-refractivity contribution in [3.8, 4) is 0 Å². The predicted octanol–water partition coefficient (Wildman–Crippen LogP) is 6.18. The predicted molar refractivity (Wildman–Crippen MR) is 90.2 cm³/mol. The molecule has 0 fully saturated rings. The van der Waals surface area contributed by atoms with E-state index < -0.39 is 75.8 Å². The SMILES string of the molecule is C=CCN.CCCC(F)C(F)(F)C(F)(F)C(F)(F)C(F)(F)C(F)(F)C(F)(F)C(F)(F)C(F)(F)S(=O)(=O)O. The molecule has 0 rings (SSSR count). The van der Waals surface area contributed by atoms with Crippen molar-refractivity contribution in [2.45, 2.75) is 72.6 Å². The molecule has 0 aliphatic rings. The Kier molecular flexibility index (Phi) is 11.1. The molecule has 0 spiro atoms. The van der Waals surface area contributed by atoms with E-state index in [4.69, 9.17) is 10.3 Å². The van der Waals surface area contributed by atoms with Crippen molar-refractivity contribution < 1.29 is 87.6 Å². The van der Waals surface area contributed by atoms with E-state index in [1.165, 1.54) is 0 Å². The second-order valence-electron chi connectivity index (χ2n) is 6.84. The minimum absolute atomic E-state index is 0.583. The highest BCUT2D eigenvalue weighted by Gasteiger charge is 2.96. The first-order valence-electron chi connectivity index (χ1n) is 8.84. The molecule has 22 heteroatoms. The quantitative estimate of drug-likeness (QED) is 0.157. The van der Waals surface area contributed by atoms with Crippen LogP contribution in [0.25, 0.3) is 0 Å². The molecule has 0 heterocycles. The standard InChI is InChI=1S/C12H9F17O3S.C3H7N/c1-2-3-4(13)5(14,15)6(16,17)7(18,19)8(20,21)9(22,23)10(24,25)11(26,27)12(28,29)33(30,31)32;1-2-3-4/h4H,2-3H2,1H3,(H,30,31,32);2H,1,3-4H2. The second-order valence-corrected chi connectivity index (χ2v) is 8.30. The molecule has 4 nitrogen and oxygen atoms in total. The van der Waals surface area contributed by atoms with E-state index >= 15 is 0 Å². The maximum Gasteiger partial charge on any atom is 0.438 e. The maximum atomic E-state index is 13.5. The Balaban J connectivity index is 0. The molecule has 0 aromatic carbocycles. The summed E-state index contributed by atoms with van der Waals surface area (Å²) >= 11 is 0. The van der Waals surface area contributed by atoms with Gasteiger partial charge in [0.1, 0.15) is 0 Å². The minimum atomic E-state index is -8.86. The summed E-state index contributed by atoms with van der Waals surface area (Å²) in [5, 5.41) is -7.84. The topological polar surface area (TPSA) is 80.4 Å². The van der Waals surface area contributed by atoms with Crippen LogP contribution in [0.5, 0.6) is 0 Å². The smallest absolute Gasteiger partial charge is 0.327 e. The van der Waals surface area contributed by atoms with Crippen LogP contribution in [0.15, 0.2) is 12.7 Å². The fourth-order valence-electron chi connectivity index (χ4n) is 1.97. The molecule has 1 atom stereocenters. The summed E-state index contributed by atoms with van der Waals surface area (Å²) in [5.74, 6) is -58.5. The van der Waals surface area contributed by atoms with Crippen LogP contribution >= 0.6 is 0 Å². The minimum Gasteiger partial charge on any atom is -0.327 e. The first kappa shape index (κ1) is 37.6. The van der Waals surface area contributed by atoms with Crippen molar-refractivity contribution >= 4 is 10.1 Å². The summed E-state index contributed by atoms with van der Waals surface area (Å²) in [7, 11) is -7.90. The van der Waals surface area contributed by atoms with Crippen molar-refractivity contribution in [3.05, 3.63) is 12.7 Å². The van der Waals surface area contributed by atoms with E-state index in [1.807, 2.05) is 0 Å². The van der Waals surface area contributed by atoms with Crippen LogP contribution in [0.3, 0.4) is 0 Å². The zero-order chi connectivity index (χ0) is 30.9. The third kappa shape index (κ3) is 5.59. The van der Waals surface area contributed by atoms with E-state index in [0.717, 1.165) is 6.92 Å². The third-order valence-electron chi connectivity index (χ3n) is 4.18. The van der Waals surface area contributed by atoms with Gasteiger partial charge in [-0.3, -0.25) is 4.55 Å². The first-order chi connectivity index (χ1) is 15.9. The molecule has 0 aromatic rings. The number of rotatable bonds is 12. The Morgan fingerprint density at radius 3 is 1.24 bits per heavy atom. The van der Waals surface area contributed by atoms with Gasteiger partial charge in [0.15, 0.2) is 6.17 Å². The van der Waals surface area contributed by atoms with E-state index in [9.17, 15) is 83.1 Å². The highest BCUT2D eigenvalue weighted by molar-refractivity contribution is 7.87. The van der Waals surface area contributed by atoms with Crippen LogP contribution in [0.2, 0.25) is 0 Å². The van der Waals surface area contributed by atoms with Crippen LogP contribution in [0.4, 0.5) is 74.6 Å². The van der Waals surface area contributed by atoms with Gasteiger partial charge < -0.3 is 5.73 Å². The van der Waals surface area contributed by atoms with Crippen molar-refractivity contribution in [2.24, 2.45) is 5.73 Å². The number of halogens is 17. The molecule has 0 aromatic heterocycles. The molecule has 0 bridgehead atoms. The van der Waals surface area contributed by atoms with Gasteiger partial charge in [-0.05, 0) is 6.42 Å². The van der Waals surface area contributed by atoms with Crippen LogP contribution in [-0.2, 0) is 10.1 Å². The van der Waals surface area contributed by atoms with Gasteiger partial charge in [-0.1, -0.05) is 19.4 Å². The first-order valence-corrected chi connectivity index (χ1v) is 10.3. The normalized spacial score (nSPS) is 16.1. The Morgan fingerprint density at radius 1 is 0.730 bits per heavy atom. The Labute approximate surface area is 196 Å². The van der Waals surface area contributed by atoms with Crippen LogP contribution < -0.4 is 5.73 Å². The number of hydrogen-bond acceptors (Lipinski definition) is 3. The average molecular weight is 613 g/mol. The van der Waals surface area contributed by atoms with Crippen molar-refractivity contribution in [1.29, 1.82) is 0 Å². The van der Waals surface area contributed by atoms with Crippen molar-refractivity contribution in [2.75, 3.05) is 6.54 Å². The molecule has 3 N–H and O–H groups in total. The highest BCUT2D eigenvalue weighted by Crippen LogP contribution is 2.64. The van der Waals surface area contributed by atoms with Crippen molar-refractivity contribution in [1.82, 2.24) is 0 Å². The largest absolute Gasteiger partial charge is 0.438 e. The van der Waals surface area contributed by atoms with Crippen LogP contribution in [0.1, 0.15) is 19.8 Å². The van der Waals surface area contributed by atoms with Gasteiger partial charge in [0, 0.05) is 6.54 Å². The lowest BCUT2D eigenvalue weighted by molar-refractivity contribution is -0.451. The van der Waals surface area contributed by atoms with Crippen molar-refractivity contribution in [3.63, 3.8) is 0 Å². The number of alkyl halides is 17. The molecule has 0 aliphatic heterocycles. The molecule has 0 saturated heterocycles. The Morgan fingerprint density at radius 2 is 1.00 bits per heavy atom. The third-order valence-corrected chi connectivity index (χ3v) is 5.09. The summed E-state index contributed by atoms with van der Waals surface area (Å²) < 4.78 is 254. The maximum absolute atomic E-state index is 13.5. The lowest BCUT2D eigenvalue weighted by atomic mass is 9.87. The van der Waals surface area contributed by atoms with E-state index in [-0.39, 0.29) is 0 Å². The van der Waals surface area contributed by atoms with E-state index in [0.29, 0.717) is 6.54 Å². The fraction of sp³-hybridized carbons (Fsp3) is 0.867. The van der Waals surface area contributed by atoms with Gasteiger partial charge in [0.25, 0.3) is 0 Å². The summed E-state index contributed by atoms with van der Waals surface area (Å²) in [6, 6.07) is 0. The van der Waals surface area contributed by atoms with E-state index in [1.54, 1.807) is 6.08 Å². The molecular weight excluding hydrogens is 597 g/mol. The van der Waals surface area contributed by atoms with Crippen LogP contribution in [0, 0.1) is 0 Å². The second kappa shape index (κ2) is 10.9. The molecule has 0 aliphatic carbocycles. The summed E-state index contributed by atoms with van der Waals surface area (Å²) in [4.78, 5) is 0. The molecule has 224 valence electrons. The highest BCUT2D eigenvalue weighted by atomic mass is 32.2. The van der Waals surface area contributed by atoms with Gasteiger partial charge in [0.05, 0.1) is 0 Å². The molecule has 1 unspecified atom stereocenters. The zero-order valence-electron chi connectivity index (χ0n) is 17.7. The van der Waals surface area contributed by atoms with Gasteiger partial charge in [-0.25, -0.2) is 4.39 Å². The lowest BCUT2D eigenvalue weighted by Gasteiger charge is -2.43. The number of nitrogens with two attached hydrogens (primary N) is 1. The monoisotopic (exact) mass is 613 g/mol. The summed E-state index contributed by atoms with van der Waals surface area (Å²) in [6.07, 6.45) is -5.58. The lowest BCUT2D eigenvalue weighted by Crippen LogP contribution is -2.75. The van der Waals surface area contributed by atoms with E-state index in [2.05, 4.69) is 6.58 Å². The number of hydrogen-bond donors (Lipinski definition) is 2. The molecule has 0 saturated carbocycles. The zero-order valence-corrected chi connectivity index (χ0v) is 18.5. The average Bonchev–Trinajstić information content (AvgIpc) is 2.72. The van der Waals surface area contributed by atoms with Gasteiger partial charge in [0.2, 0.25) is 0 Å².